The molecule has 0 aliphatic carbocycles. The fourth-order valence-corrected chi connectivity index (χ4v) is 4.35. The summed E-state index contributed by atoms with van der Waals surface area (Å²) < 4.78 is 0. The summed E-state index contributed by atoms with van der Waals surface area (Å²) in [6.45, 7) is 5.72. The molecular formula is C23H26N2O2. The standard InChI is InChI=1S/C23H26N2O2/c1-23(2,18-9-4-3-5-10-18)14-21(26)24-15-20-19-11-7-6-8-17(19)12-13-25(20)22(27)16-24/h3-11,20H,12-16H2,1-2H3. The largest absolute Gasteiger partial charge is 0.332 e. The first-order chi connectivity index (χ1) is 13.0. The maximum absolute atomic E-state index is 13.1. The van der Waals surface area contributed by atoms with Crippen molar-refractivity contribution in [2.45, 2.75) is 38.1 Å². The van der Waals surface area contributed by atoms with Crippen LogP contribution in [0.2, 0.25) is 0 Å². The Kier molecular flexibility index (Phi) is 4.50. The van der Waals surface area contributed by atoms with Crippen LogP contribution in [0.15, 0.2) is 54.6 Å². The van der Waals surface area contributed by atoms with E-state index in [4.69, 9.17) is 0 Å². The number of nitrogens with zero attached hydrogens (tertiary/aromatic N) is 2. The predicted octanol–water partition coefficient (Wildman–Crippen LogP) is 3.32. The van der Waals surface area contributed by atoms with Gasteiger partial charge in [-0.15, -0.1) is 0 Å². The van der Waals surface area contributed by atoms with E-state index in [9.17, 15) is 9.59 Å². The molecule has 4 heteroatoms. The minimum atomic E-state index is -0.261. The van der Waals surface area contributed by atoms with Crippen LogP contribution < -0.4 is 0 Å². The van der Waals surface area contributed by atoms with E-state index in [1.807, 2.05) is 35.2 Å². The van der Waals surface area contributed by atoms with Gasteiger partial charge in [-0.2, -0.15) is 0 Å². The highest BCUT2D eigenvalue weighted by molar-refractivity contribution is 5.87. The summed E-state index contributed by atoms with van der Waals surface area (Å²) in [4.78, 5) is 29.5. The van der Waals surface area contributed by atoms with E-state index in [2.05, 4.69) is 38.1 Å². The molecule has 4 rings (SSSR count). The quantitative estimate of drug-likeness (QED) is 0.840. The molecule has 0 bridgehead atoms. The predicted molar refractivity (Wildman–Crippen MR) is 105 cm³/mol. The Labute approximate surface area is 160 Å². The number of fused-ring (bicyclic) bond motifs is 3. The summed E-state index contributed by atoms with van der Waals surface area (Å²) >= 11 is 0. The zero-order chi connectivity index (χ0) is 19.0. The minimum Gasteiger partial charge on any atom is -0.332 e. The average molecular weight is 362 g/mol. The fourth-order valence-electron chi connectivity index (χ4n) is 4.35. The van der Waals surface area contributed by atoms with Crippen LogP contribution in [0.25, 0.3) is 0 Å². The molecule has 1 atom stereocenters. The van der Waals surface area contributed by atoms with Crippen LogP contribution in [0, 0.1) is 0 Å². The van der Waals surface area contributed by atoms with Gasteiger partial charge in [0.2, 0.25) is 11.8 Å². The van der Waals surface area contributed by atoms with E-state index in [1.165, 1.54) is 11.1 Å². The summed E-state index contributed by atoms with van der Waals surface area (Å²) in [5.41, 5.74) is 3.37. The fraction of sp³-hybridized carbons (Fsp3) is 0.391. The molecule has 0 saturated carbocycles. The molecule has 27 heavy (non-hydrogen) atoms. The second kappa shape index (κ2) is 6.84. The van der Waals surface area contributed by atoms with E-state index >= 15 is 0 Å². The maximum Gasteiger partial charge on any atom is 0.242 e. The number of amides is 2. The molecule has 2 aliphatic heterocycles. The summed E-state index contributed by atoms with van der Waals surface area (Å²) in [6, 6.07) is 18.4. The van der Waals surface area contributed by atoms with Crippen LogP contribution in [0.1, 0.15) is 43.0 Å². The van der Waals surface area contributed by atoms with Gasteiger partial charge in [0, 0.05) is 19.5 Å². The smallest absolute Gasteiger partial charge is 0.242 e. The van der Waals surface area contributed by atoms with E-state index < -0.39 is 0 Å². The van der Waals surface area contributed by atoms with Crippen molar-refractivity contribution in [2.75, 3.05) is 19.6 Å². The van der Waals surface area contributed by atoms with Crippen molar-refractivity contribution < 1.29 is 9.59 Å². The van der Waals surface area contributed by atoms with E-state index in [0.29, 0.717) is 13.0 Å². The summed E-state index contributed by atoms with van der Waals surface area (Å²) in [5, 5.41) is 0. The molecule has 0 radical (unpaired) electrons. The molecule has 1 fully saturated rings. The van der Waals surface area contributed by atoms with E-state index in [-0.39, 0.29) is 29.8 Å². The van der Waals surface area contributed by atoms with Gasteiger partial charge < -0.3 is 9.80 Å². The lowest BCUT2D eigenvalue weighted by atomic mass is 9.81. The highest BCUT2D eigenvalue weighted by atomic mass is 16.2. The second-order valence-electron chi connectivity index (χ2n) is 8.25. The van der Waals surface area contributed by atoms with Gasteiger partial charge in [-0.3, -0.25) is 9.59 Å². The number of benzene rings is 2. The second-order valence-corrected chi connectivity index (χ2v) is 8.25. The SMILES string of the molecule is CC(C)(CC(=O)N1CC(=O)N2CCc3ccccc3C2C1)c1ccccc1. The minimum absolute atomic E-state index is 0.0139. The molecule has 2 heterocycles. The monoisotopic (exact) mass is 362 g/mol. The van der Waals surface area contributed by atoms with Gasteiger partial charge in [-0.1, -0.05) is 68.4 Å². The Morgan fingerprint density at radius 2 is 1.78 bits per heavy atom. The Morgan fingerprint density at radius 3 is 2.56 bits per heavy atom. The van der Waals surface area contributed by atoms with Gasteiger partial charge in [-0.25, -0.2) is 0 Å². The van der Waals surface area contributed by atoms with Crippen LogP contribution in [0.3, 0.4) is 0 Å². The van der Waals surface area contributed by atoms with Gasteiger partial charge in [-0.05, 0) is 28.5 Å². The molecule has 2 aliphatic rings. The highest BCUT2D eigenvalue weighted by Gasteiger charge is 2.39. The van der Waals surface area contributed by atoms with Crippen LogP contribution in [0.5, 0.6) is 0 Å². The molecule has 2 amide bonds. The maximum atomic E-state index is 13.1. The molecule has 1 saturated heterocycles. The summed E-state index contributed by atoms with van der Waals surface area (Å²) in [5.74, 6) is 0.117. The average Bonchev–Trinajstić information content (AvgIpc) is 2.68. The number of carbonyl (C=O) groups is 2. The third-order valence-electron chi connectivity index (χ3n) is 5.95. The normalized spacial score (nSPS) is 19.5. The van der Waals surface area contributed by atoms with Gasteiger partial charge in [0.05, 0.1) is 12.6 Å². The van der Waals surface area contributed by atoms with E-state index in [1.54, 1.807) is 4.90 Å². The Hall–Kier alpha value is -2.62. The van der Waals surface area contributed by atoms with Crippen molar-refractivity contribution in [3.05, 3.63) is 71.3 Å². The topological polar surface area (TPSA) is 40.6 Å². The third kappa shape index (κ3) is 3.36. The molecule has 2 aromatic rings. The Balaban J connectivity index is 1.54. The number of piperazine rings is 1. The van der Waals surface area contributed by atoms with Gasteiger partial charge in [0.1, 0.15) is 0 Å². The van der Waals surface area contributed by atoms with Gasteiger partial charge >= 0.3 is 0 Å². The van der Waals surface area contributed by atoms with Crippen molar-refractivity contribution in [3.8, 4) is 0 Å². The number of carbonyl (C=O) groups excluding carboxylic acids is 2. The molecular weight excluding hydrogens is 336 g/mol. The first-order valence-electron chi connectivity index (χ1n) is 9.66. The van der Waals surface area contributed by atoms with Crippen molar-refractivity contribution >= 4 is 11.8 Å². The van der Waals surface area contributed by atoms with E-state index in [0.717, 1.165) is 18.5 Å². The van der Waals surface area contributed by atoms with Crippen molar-refractivity contribution in [1.82, 2.24) is 9.80 Å². The number of rotatable bonds is 3. The zero-order valence-corrected chi connectivity index (χ0v) is 16.0. The Bertz CT molecular complexity index is 860. The highest BCUT2D eigenvalue weighted by Crippen LogP contribution is 2.34. The number of hydrogen-bond donors (Lipinski definition) is 0. The van der Waals surface area contributed by atoms with Crippen LogP contribution >= 0.6 is 0 Å². The lowest BCUT2D eigenvalue weighted by Crippen LogP contribution is -2.56. The molecule has 0 spiro atoms. The molecule has 0 N–H and O–H groups in total. The Morgan fingerprint density at radius 1 is 1.07 bits per heavy atom. The molecule has 2 aromatic carbocycles. The van der Waals surface area contributed by atoms with Crippen LogP contribution in [0.4, 0.5) is 0 Å². The van der Waals surface area contributed by atoms with Crippen molar-refractivity contribution in [2.24, 2.45) is 0 Å². The first-order valence-corrected chi connectivity index (χ1v) is 9.66. The molecule has 1 unspecified atom stereocenters. The molecule has 4 nitrogen and oxygen atoms in total. The zero-order valence-electron chi connectivity index (χ0n) is 16.0. The lowest BCUT2D eigenvalue weighted by Gasteiger charge is -2.45. The van der Waals surface area contributed by atoms with Crippen LogP contribution in [-0.2, 0) is 21.4 Å². The summed E-state index contributed by atoms with van der Waals surface area (Å²) in [6.07, 6.45) is 1.30. The van der Waals surface area contributed by atoms with Gasteiger partial charge in [0.25, 0.3) is 0 Å². The molecule has 140 valence electrons. The van der Waals surface area contributed by atoms with Gasteiger partial charge in [0.15, 0.2) is 0 Å². The van der Waals surface area contributed by atoms with Crippen molar-refractivity contribution in [3.63, 3.8) is 0 Å². The third-order valence-corrected chi connectivity index (χ3v) is 5.95. The molecule has 0 aromatic heterocycles. The summed E-state index contributed by atoms with van der Waals surface area (Å²) in [7, 11) is 0. The van der Waals surface area contributed by atoms with Crippen molar-refractivity contribution in [1.29, 1.82) is 0 Å². The lowest BCUT2D eigenvalue weighted by molar-refractivity contribution is -0.150. The first kappa shape index (κ1) is 17.8. The van der Waals surface area contributed by atoms with Crippen LogP contribution in [-0.4, -0.2) is 41.2 Å². The number of hydrogen-bond acceptors (Lipinski definition) is 2.